The van der Waals surface area contributed by atoms with E-state index in [9.17, 15) is 18.0 Å². The smallest absolute Gasteiger partial charge is 0.426 e. The van der Waals surface area contributed by atoms with Crippen molar-refractivity contribution >= 4 is 5.91 Å². The third-order valence-electron chi connectivity index (χ3n) is 4.84. The molecule has 1 aromatic heterocycles. The van der Waals surface area contributed by atoms with E-state index in [1.165, 1.54) is 12.1 Å². The zero-order valence-electron chi connectivity index (χ0n) is 13.7. The number of alkyl halides is 3. The van der Waals surface area contributed by atoms with Crippen LogP contribution in [0.1, 0.15) is 29.0 Å². The summed E-state index contributed by atoms with van der Waals surface area (Å²) in [6, 6.07) is 8.56. The Balaban J connectivity index is 1.37. The van der Waals surface area contributed by atoms with Crippen molar-refractivity contribution in [2.75, 3.05) is 6.54 Å². The van der Waals surface area contributed by atoms with E-state index in [4.69, 9.17) is 4.74 Å². The molecule has 3 atom stereocenters. The molecule has 138 valence electrons. The molecule has 1 aliphatic heterocycles. The van der Waals surface area contributed by atoms with E-state index in [0.717, 1.165) is 31.5 Å². The Morgan fingerprint density at radius 1 is 1.15 bits per heavy atom. The maximum absolute atomic E-state index is 12.5. The maximum Gasteiger partial charge on any atom is 0.449 e. The second-order valence-electron chi connectivity index (χ2n) is 6.68. The van der Waals surface area contributed by atoms with Gasteiger partial charge in [-0.25, -0.2) is 0 Å². The van der Waals surface area contributed by atoms with Crippen LogP contribution in [0.15, 0.2) is 40.8 Å². The normalized spacial score (nSPS) is 24.7. The molecule has 2 fully saturated rings. The lowest BCUT2D eigenvalue weighted by molar-refractivity contribution is -0.153. The average molecular weight is 366 g/mol. The van der Waals surface area contributed by atoms with Gasteiger partial charge in [-0.1, -0.05) is 0 Å². The number of rotatable bonds is 4. The number of hydrogen-bond acceptors (Lipinski definition) is 4. The molecule has 2 bridgehead atoms. The molecule has 2 aromatic rings. The fourth-order valence-electron chi connectivity index (χ4n) is 3.58. The summed E-state index contributed by atoms with van der Waals surface area (Å²) in [5.74, 6) is -0.638. The highest BCUT2D eigenvalue weighted by Gasteiger charge is 2.40. The first kappa shape index (κ1) is 17.0. The third kappa shape index (κ3) is 3.41. The minimum absolute atomic E-state index is 0.140. The predicted molar refractivity (Wildman–Crippen MR) is 86.0 cm³/mol. The second-order valence-corrected chi connectivity index (χ2v) is 6.68. The van der Waals surface area contributed by atoms with Crippen LogP contribution in [-0.4, -0.2) is 24.5 Å². The molecule has 2 heterocycles. The van der Waals surface area contributed by atoms with Gasteiger partial charge in [0.05, 0.1) is 0 Å². The number of hydrogen-bond donors (Lipinski definition) is 2. The second kappa shape index (κ2) is 6.35. The summed E-state index contributed by atoms with van der Waals surface area (Å²) in [7, 11) is 0. The van der Waals surface area contributed by atoms with Gasteiger partial charge in [-0.15, -0.1) is 0 Å². The topological polar surface area (TPSA) is 63.5 Å². The van der Waals surface area contributed by atoms with Crippen molar-refractivity contribution in [1.29, 1.82) is 0 Å². The van der Waals surface area contributed by atoms with Gasteiger partial charge >= 0.3 is 6.18 Å². The fraction of sp³-hybridized carbons (Fsp3) is 0.389. The zero-order valence-corrected chi connectivity index (χ0v) is 13.7. The number of carbonyl (C=O) groups is 1. The first-order chi connectivity index (χ1) is 12.4. The molecule has 5 nitrogen and oxygen atoms in total. The average Bonchev–Trinajstić information content (AvgIpc) is 3.31. The molecular formula is C18H17F3N2O3. The van der Waals surface area contributed by atoms with E-state index in [-0.39, 0.29) is 23.6 Å². The molecule has 0 radical (unpaired) electrons. The Kier molecular flexibility index (Phi) is 4.14. The van der Waals surface area contributed by atoms with E-state index in [2.05, 4.69) is 15.1 Å². The highest BCUT2D eigenvalue weighted by Crippen LogP contribution is 2.34. The minimum atomic E-state index is -4.56. The van der Waals surface area contributed by atoms with Gasteiger partial charge in [-0.2, -0.15) is 13.2 Å². The molecule has 1 aromatic carbocycles. The lowest BCUT2D eigenvalue weighted by Gasteiger charge is -2.24. The van der Waals surface area contributed by atoms with Crippen molar-refractivity contribution in [2.24, 2.45) is 5.92 Å². The summed E-state index contributed by atoms with van der Waals surface area (Å²) < 4.78 is 47.4. The van der Waals surface area contributed by atoms with Crippen molar-refractivity contribution in [3.63, 3.8) is 0 Å². The van der Waals surface area contributed by atoms with Crippen molar-refractivity contribution in [3.8, 4) is 11.7 Å². The Hall–Kier alpha value is -2.48. The fourth-order valence-corrected chi connectivity index (χ4v) is 3.58. The summed E-state index contributed by atoms with van der Waals surface area (Å²) in [4.78, 5) is 12.3. The van der Waals surface area contributed by atoms with Gasteiger partial charge in [0, 0.05) is 23.7 Å². The number of ether oxygens (including phenoxy) is 1. The minimum Gasteiger partial charge on any atom is -0.426 e. The van der Waals surface area contributed by atoms with Crippen LogP contribution in [0.5, 0.6) is 11.7 Å². The molecule has 2 aliphatic rings. The van der Waals surface area contributed by atoms with Gasteiger partial charge in [0.15, 0.2) is 0 Å². The van der Waals surface area contributed by atoms with Crippen molar-refractivity contribution in [3.05, 3.63) is 47.7 Å². The van der Waals surface area contributed by atoms with E-state index in [1.54, 1.807) is 12.1 Å². The van der Waals surface area contributed by atoms with Crippen LogP contribution in [-0.2, 0) is 6.18 Å². The number of benzene rings is 1. The Morgan fingerprint density at radius 3 is 2.50 bits per heavy atom. The summed E-state index contributed by atoms with van der Waals surface area (Å²) in [5, 5.41) is 6.42. The highest BCUT2D eigenvalue weighted by atomic mass is 19.4. The highest BCUT2D eigenvalue weighted by molar-refractivity contribution is 5.94. The van der Waals surface area contributed by atoms with Crippen LogP contribution in [0, 0.1) is 5.92 Å². The molecule has 1 saturated carbocycles. The molecule has 1 amide bonds. The molecule has 0 spiro atoms. The van der Waals surface area contributed by atoms with Gasteiger partial charge in [-0.05, 0) is 55.6 Å². The van der Waals surface area contributed by atoms with Gasteiger partial charge in [0.2, 0.25) is 5.76 Å². The van der Waals surface area contributed by atoms with E-state index in [0.29, 0.717) is 17.5 Å². The number of piperidine rings is 1. The van der Waals surface area contributed by atoms with Gasteiger partial charge in [0.25, 0.3) is 11.9 Å². The maximum atomic E-state index is 12.5. The number of nitrogens with one attached hydrogen (secondary N) is 2. The SMILES string of the molecule is O=C(NC1CC2CNC1C2)c1ccc(Oc2ccc(C(F)(F)F)o2)cc1. The molecule has 4 rings (SSSR count). The van der Waals surface area contributed by atoms with Crippen molar-refractivity contribution in [1.82, 2.24) is 10.6 Å². The molecular weight excluding hydrogens is 349 g/mol. The number of furan rings is 1. The standard InChI is InChI=1S/C18H17F3N2O3/c19-18(20,21)15-5-6-16(26-15)25-12-3-1-11(2-4-12)17(24)23-14-8-10-7-13(14)22-9-10/h1-6,10,13-14,22H,7-9H2,(H,23,24). The van der Waals surface area contributed by atoms with Gasteiger partial charge in [-0.3, -0.25) is 4.79 Å². The summed E-state index contributed by atoms with van der Waals surface area (Å²) in [6.45, 7) is 1.02. The van der Waals surface area contributed by atoms with Crippen molar-refractivity contribution < 1.29 is 27.1 Å². The van der Waals surface area contributed by atoms with Crippen LogP contribution >= 0.6 is 0 Å². The van der Waals surface area contributed by atoms with Crippen LogP contribution in [0.3, 0.4) is 0 Å². The van der Waals surface area contributed by atoms with E-state index >= 15 is 0 Å². The number of halogens is 3. The Labute approximate surface area is 147 Å². The number of carbonyl (C=O) groups excluding carboxylic acids is 1. The molecule has 3 unspecified atom stereocenters. The zero-order chi connectivity index (χ0) is 18.3. The quantitative estimate of drug-likeness (QED) is 0.868. The molecule has 8 heteroatoms. The molecule has 26 heavy (non-hydrogen) atoms. The molecule has 1 aliphatic carbocycles. The van der Waals surface area contributed by atoms with Gasteiger partial charge in [0.1, 0.15) is 5.75 Å². The first-order valence-corrected chi connectivity index (χ1v) is 8.38. The Bertz CT molecular complexity index is 801. The Morgan fingerprint density at radius 2 is 1.92 bits per heavy atom. The van der Waals surface area contributed by atoms with Crippen LogP contribution in [0.4, 0.5) is 13.2 Å². The van der Waals surface area contributed by atoms with Gasteiger partial charge < -0.3 is 19.8 Å². The van der Waals surface area contributed by atoms with Crippen LogP contribution in [0.25, 0.3) is 0 Å². The summed E-state index contributed by atoms with van der Waals surface area (Å²) >= 11 is 0. The summed E-state index contributed by atoms with van der Waals surface area (Å²) in [5.41, 5.74) is 0.468. The monoisotopic (exact) mass is 366 g/mol. The summed E-state index contributed by atoms with van der Waals surface area (Å²) in [6.07, 6.45) is -2.47. The van der Waals surface area contributed by atoms with Crippen LogP contribution in [0.2, 0.25) is 0 Å². The molecule has 1 saturated heterocycles. The largest absolute Gasteiger partial charge is 0.449 e. The third-order valence-corrected chi connectivity index (χ3v) is 4.84. The lowest BCUT2D eigenvalue weighted by Crippen LogP contribution is -2.47. The predicted octanol–water partition coefficient (Wildman–Crippen LogP) is 3.57. The molecule has 2 N–H and O–H groups in total. The van der Waals surface area contributed by atoms with Crippen molar-refractivity contribution in [2.45, 2.75) is 31.1 Å². The van der Waals surface area contributed by atoms with Crippen LogP contribution < -0.4 is 15.4 Å². The number of fused-ring (bicyclic) bond motifs is 2. The number of amides is 1. The van der Waals surface area contributed by atoms with E-state index in [1.807, 2.05) is 0 Å². The lowest BCUT2D eigenvalue weighted by atomic mass is 10.1. The first-order valence-electron chi connectivity index (χ1n) is 8.38. The van der Waals surface area contributed by atoms with E-state index < -0.39 is 11.9 Å².